The quantitative estimate of drug-likeness (QED) is 0.271. The van der Waals surface area contributed by atoms with E-state index in [9.17, 15) is 14.4 Å². The van der Waals surface area contributed by atoms with Gasteiger partial charge in [-0.05, 0) is 45.3 Å². The molecule has 218 valence electrons. The fraction of sp³-hybridized carbons (Fsp3) is 0.276. The van der Waals surface area contributed by atoms with Gasteiger partial charge < -0.3 is 29.6 Å². The summed E-state index contributed by atoms with van der Waals surface area (Å²) in [5.41, 5.74) is 2.20. The number of furan rings is 1. The van der Waals surface area contributed by atoms with Gasteiger partial charge in [0.2, 0.25) is 12.3 Å². The Morgan fingerprint density at radius 2 is 1.76 bits per heavy atom. The number of amides is 2. The average Bonchev–Trinajstić information content (AvgIpc) is 3.34. The van der Waals surface area contributed by atoms with Crippen LogP contribution in [0.25, 0.3) is 11.0 Å². The number of aldehydes is 1. The predicted octanol–water partition coefficient (Wildman–Crippen LogP) is 4.62. The number of pyridine rings is 2. The summed E-state index contributed by atoms with van der Waals surface area (Å²) in [5, 5.41) is 6.71. The van der Waals surface area contributed by atoms with Crippen LogP contribution in [0.2, 0.25) is 5.02 Å². The standard InChI is InChI=1S/C17H14N2O4.C6H7ClN2.C6H14N2O/c1-10-3-5-11(6-4-10)16(21)19-15-13(9-20)23-12-7-8-18-17(22-2)14(12)15;1-8-6-3-2-5(7)4-9-6;1-7(2)4-5-8(3)6-9/h3-9H,1-2H3,(H,19,21);2-4H,1H3,(H,8,9);6H,4-5H2,1-3H3. The summed E-state index contributed by atoms with van der Waals surface area (Å²) >= 11 is 5.58. The van der Waals surface area contributed by atoms with Crippen molar-refractivity contribution in [3.8, 4) is 5.88 Å². The number of nitrogens with zero attached hydrogens (tertiary/aromatic N) is 4. The molecule has 4 rings (SSSR count). The lowest BCUT2D eigenvalue weighted by Gasteiger charge is -2.13. The number of carbonyl (C=O) groups excluding carboxylic acids is 3. The number of nitrogens with one attached hydrogen (secondary N) is 2. The number of aryl methyl sites for hydroxylation is 1. The Labute approximate surface area is 244 Å². The summed E-state index contributed by atoms with van der Waals surface area (Å²) in [7, 11) is 9.02. The number of hydrogen-bond acceptors (Lipinski definition) is 9. The van der Waals surface area contributed by atoms with Gasteiger partial charge in [-0.25, -0.2) is 9.97 Å². The number of anilines is 2. The first-order chi connectivity index (χ1) is 19.6. The third-order valence-electron chi connectivity index (χ3n) is 5.51. The monoisotopic (exact) mass is 582 g/mol. The fourth-order valence-electron chi connectivity index (χ4n) is 3.22. The Bertz CT molecular complexity index is 1410. The highest BCUT2D eigenvalue weighted by Crippen LogP contribution is 2.35. The Hall–Kier alpha value is -4.48. The topological polar surface area (TPSA) is 130 Å². The molecule has 41 heavy (non-hydrogen) atoms. The lowest BCUT2D eigenvalue weighted by atomic mass is 10.1. The van der Waals surface area contributed by atoms with Crippen LogP contribution in [0.3, 0.4) is 0 Å². The van der Waals surface area contributed by atoms with E-state index in [2.05, 4.69) is 20.6 Å². The number of likely N-dealkylation sites (N-methyl/N-ethyl adjacent to an activating group) is 2. The summed E-state index contributed by atoms with van der Waals surface area (Å²) < 4.78 is 10.6. The summed E-state index contributed by atoms with van der Waals surface area (Å²) in [5.74, 6) is 0.784. The van der Waals surface area contributed by atoms with Crippen molar-refractivity contribution in [2.45, 2.75) is 6.92 Å². The first-order valence-electron chi connectivity index (χ1n) is 12.5. The highest BCUT2D eigenvalue weighted by atomic mass is 35.5. The van der Waals surface area contributed by atoms with Gasteiger partial charge in [-0.3, -0.25) is 14.4 Å². The molecule has 0 radical (unpaired) electrons. The molecule has 0 aliphatic rings. The maximum Gasteiger partial charge on any atom is 0.255 e. The minimum atomic E-state index is -0.346. The molecular formula is C29H35ClN6O5. The molecule has 0 unspecified atom stereocenters. The number of methoxy groups -OCH3 is 1. The highest BCUT2D eigenvalue weighted by molar-refractivity contribution is 6.30. The first kappa shape index (κ1) is 32.7. The number of rotatable bonds is 9. The van der Waals surface area contributed by atoms with Crippen molar-refractivity contribution in [1.29, 1.82) is 0 Å². The van der Waals surface area contributed by atoms with E-state index in [-0.39, 0.29) is 23.2 Å². The van der Waals surface area contributed by atoms with Crippen LogP contribution in [0.1, 0.15) is 26.5 Å². The zero-order valence-electron chi connectivity index (χ0n) is 24.0. The largest absolute Gasteiger partial charge is 0.480 e. The molecule has 0 bridgehead atoms. The van der Waals surface area contributed by atoms with Crippen molar-refractivity contribution < 1.29 is 23.5 Å². The molecule has 0 saturated heterocycles. The van der Waals surface area contributed by atoms with E-state index in [4.69, 9.17) is 20.8 Å². The molecule has 0 atom stereocenters. The SMILES string of the molecule is CN(C)CCN(C)C=O.CNc1ccc(Cl)cn1.COc1nccc2oc(C=O)c(NC(=O)c3ccc(C)cc3)c12. The number of carbonyl (C=O) groups is 3. The van der Waals surface area contributed by atoms with Gasteiger partial charge in [0.05, 0.1) is 12.1 Å². The van der Waals surface area contributed by atoms with E-state index >= 15 is 0 Å². The summed E-state index contributed by atoms with van der Waals surface area (Å²) in [6, 6.07) is 12.3. The number of halogens is 1. The van der Waals surface area contributed by atoms with Crippen LogP contribution >= 0.6 is 11.6 Å². The zero-order valence-corrected chi connectivity index (χ0v) is 24.7. The third kappa shape index (κ3) is 10.2. The Morgan fingerprint density at radius 1 is 1.05 bits per heavy atom. The number of benzene rings is 1. The maximum absolute atomic E-state index is 12.4. The van der Waals surface area contributed by atoms with Crippen molar-refractivity contribution in [3.63, 3.8) is 0 Å². The third-order valence-corrected chi connectivity index (χ3v) is 5.73. The molecule has 0 aliphatic carbocycles. The van der Waals surface area contributed by atoms with E-state index < -0.39 is 0 Å². The Balaban J connectivity index is 0.000000269. The molecule has 0 spiro atoms. The van der Waals surface area contributed by atoms with Gasteiger partial charge in [-0.2, -0.15) is 0 Å². The normalized spacial score (nSPS) is 10.0. The number of fused-ring (bicyclic) bond motifs is 1. The molecule has 2 amide bonds. The molecule has 2 N–H and O–H groups in total. The van der Waals surface area contributed by atoms with Crippen LogP contribution in [0.4, 0.5) is 11.5 Å². The highest BCUT2D eigenvalue weighted by Gasteiger charge is 2.21. The maximum atomic E-state index is 12.4. The van der Waals surface area contributed by atoms with Crippen LogP contribution in [0, 0.1) is 6.92 Å². The molecule has 0 fully saturated rings. The molecule has 4 aromatic rings. The number of aromatic nitrogens is 2. The zero-order chi connectivity index (χ0) is 30.4. The molecule has 3 aromatic heterocycles. The average molecular weight is 583 g/mol. The van der Waals surface area contributed by atoms with Gasteiger partial charge in [0, 0.05) is 51.2 Å². The van der Waals surface area contributed by atoms with Crippen LogP contribution in [0.15, 0.2) is 59.3 Å². The van der Waals surface area contributed by atoms with E-state index in [1.54, 1.807) is 42.4 Å². The molecular weight excluding hydrogens is 548 g/mol. The van der Waals surface area contributed by atoms with Crippen molar-refractivity contribution in [1.82, 2.24) is 19.8 Å². The van der Waals surface area contributed by atoms with Gasteiger partial charge in [0.1, 0.15) is 22.5 Å². The van der Waals surface area contributed by atoms with Crippen LogP contribution in [-0.2, 0) is 4.79 Å². The van der Waals surface area contributed by atoms with Gasteiger partial charge in [-0.15, -0.1) is 0 Å². The minimum absolute atomic E-state index is 0.0201. The second-order valence-corrected chi connectivity index (χ2v) is 9.41. The summed E-state index contributed by atoms with van der Waals surface area (Å²) in [4.78, 5) is 45.4. The Kier molecular flexibility index (Phi) is 13.2. The van der Waals surface area contributed by atoms with Crippen molar-refractivity contribution in [2.24, 2.45) is 0 Å². The van der Waals surface area contributed by atoms with Crippen molar-refractivity contribution >= 4 is 52.7 Å². The van der Waals surface area contributed by atoms with Gasteiger partial charge in [0.25, 0.3) is 5.91 Å². The summed E-state index contributed by atoms with van der Waals surface area (Å²) in [6.07, 6.45) is 4.49. The first-order valence-corrected chi connectivity index (χ1v) is 12.9. The molecule has 3 heterocycles. The van der Waals surface area contributed by atoms with Gasteiger partial charge >= 0.3 is 0 Å². The molecule has 0 saturated carbocycles. The second-order valence-electron chi connectivity index (χ2n) is 8.97. The number of ether oxygens (including phenoxy) is 1. The van der Waals surface area contributed by atoms with Gasteiger partial charge in [0.15, 0.2) is 12.0 Å². The lowest BCUT2D eigenvalue weighted by molar-refractivity contribution is -0.117. The van der Waals surface area contributed by atoms with Crippen LogP contribution in [-0.4, -0.2) is 86.8 Å². The van der Waals surface area contributed by atoms with E-state index in [0.29, 0.717) is 27.8 Å². The molecule has 11 nitrogen and oxygen atoms in total. The summed E-state index contributed by atoms with van der Waals surface area (Å²) in [6.45, 7) is 3.66. The van der Waals surface area contributed by atoms with E-state index in [0.717, 1.165) is 30.9 Å². The smallest absolute Gasteiger partial charge is 0.255 e. The van der Waals surface area contributed by atoms with Crippen molar-refractivity contribution in [3.05, 3.63) is 76.8 Å². The minimum Gasteiger partial charge on any atom is -0.480 e. The Morgan fingerprint density at radius 3 is 2.29 bits per heavy atom. The molecule has 12 heteroatoms. The van der Waals surface area contributed by atoms with Crippen molar-refractivity contribution in [2.75, 3.05) is 59.0 Å². The second kappa shape index (κ2) is 16.6. The van der Waals surface area contributed by atoms with Gasteiger partial charge in [-0.1, -0.05) is 29.3 Å². The van der Waals surface area contributed by atoms with Crippen LogP contribution < -0.4 is 15.4 Å². The van der Waals surface area contributed by atoms with E-state index in [1.807, 2.05) is 51.2 Å². The van der Waals surface area contributed by atoms with Crippen LogP contribution in [0.5, 0.6) is 5.88 Å². The molecule has 1 aromatic carbocycles. The molecule has 0 aliphatic heterocycles. The predicted molar refractivity (Wildman–Crippen MR) is 161 cm³/mol. The lowest BCUT2D eigenvalue weighted by Crippen LogP contribution is -2.27. The fourth-order valence-corrected chi connectivity index (χ4v) is 3.33. The number of hydrogen-bond donors (Lipinski definition) is 2. The van der Waals surface area contributed by atoms with E-state index in [1.165, 1.54) is 13.3 Å².